The fourth-order valence-electron chi connectivity index (χ4n) is 5.40. The van der Waals surface area contributed by atoms with Crippen LogP contribution >= 0.6 is 15.2 Å². The van der Waals surface area contributed by atoms with E-state index in [1.54, 1.807) is 0 Å². The highest BCUT2D eigenvalue weighted by atomic mass is 31.2. The largest absolute Gasteiger partial charge is 0.389 e. The average Bonchev–Trinajstić information content (AvgIpc) is 3.37. The van der Waals surface area contributed by atoms with Gasteiger partial charge in [0.2, 0.25) is 0 Å². The Bertz CT molecular complexity index is 1600. The van der Waals surface area contributed by atoms with Gasteiger partial charge < -0.3 is 9.53 Å². The number of hydrogen-bond donors (Lipinski definition) is 0. The Morgan fingerprint density at radius 1 is 0.558 bits per heavy atom. The topological polar surface area (TPSA) is 60.4 Å². The third-order valence-electron chi connectivity index (χ3n) is 7.30. The van der Waals surface area contributed by atoms with Crippen LogP contribution in [0.25, 0.3) is 0 Å². The minimum atomic E-state index is -3.12. The molecule has 208 valence electrons. The third-order valence-corrected chi connectivity index (χ3v) is 14.0. The molecule has 1 saturated heterocycles. The highest BCUT2D eigenvalue weighted by Crippen LogP contribution is 2.77. The molecule has 1 heterocycles. The Morgan fingerprint density at radius 2 is 0.977 bits per heavy atom. The lowest BCUT2D eigenvalue weighted by Crippen LogP contribution is -2.35. The molecule has 6 heteroatoms. The molecule has 4 radical (unpaired) electrons. The van der Waals surface area contributed by atoms with Gasteiger partial charge >= 0.3 is 11.9 Å². The van der Waals surface area contributed by atoms with E-state index in [-0.39, 0.29) is 0 Å². The van der Waals surface area contributed by atoms with E-state index in [0.29, 0.717) is 17.2 Å². The van der Waals surface area contributed by atoms with Gasteiger partial charge in [-0.05, 0) is 48.4 Å². The Hall–Kier alpha value is -4.23. The van der Waals surface area contributed by atoms with Gasteiger partial charge in [-0.15, -0.1) is 0 Å². The van der Waals surface area contributed by atoms with E-state index < -0.39 is 27.1 Å². The van der Waals surface area contributed by atoms with Crippen molar-refractivity contribution in [3.05, 3.63) is 181 Å². The van der Waals surface area contributed by atoms with Crippen LogP contribution in [-0.4, -0.2) is 18.2 Å². The maximum absolute atomic E-state index is 14.2. The molecule has 1 aliphatic heterocycles. The van der Waals surface area contributed by atoms with E-state index in [1.165, 1.54) is 0 Å². The normalized spacial score (nSPS) is 14.3. The first-order valence-electron chi connectivity index (χ1n) is 13.8. The summed E-state index contributed by atoms with van der Waals surface area (Å²) in [4.78, 5) is 41.0. The van der Waals surface area contributed by atoms with Gasteiger partial charge in [0.25, 0.3) is 5.66 Å². The summed E-state index contributed by atoms with van der Waals surface area (Å²) in [7, 11) is -4.62. The molecule has 5 aromatic rings. The van der Waals surface area contributed by atoms with Crippen molar-refractivity contribution in [3.63, 3.8) is 0 Å². The smallest absolute Gasteiger partial charge is 0.365 e. The number of rotatable bonds is 10. The number of esters is 2. The number of ether oxygens (including phenoxy) is 1. The molecule has 0 aliphatic carbocycles. The molecule has 0 spiro atoms. The molecular weight excluding hydrogens is 570 g/mol. The van der Waals surface area contributed by atoms with Gasteiger partial charge in [-0.25, -0.2) is 4.79 Å². The number of cyclic esters (lactones) is 2. The van der Waals surface area contributed by atoms with Gasteiger partial charge in [0.15, 0.2) is 5.66 Å². The highest BCUT2D eigenvalue weighted by Gasteiger charge is 2.69. The summed E-state index contributed by atoms with van der Waals surface area (Å²) < 4.78 is 5.55. The van der Waals surface area contributed by atoms with E-state index in [2.05, 4.69) is 0 Å². The molecule has 0 aromatic heterocycles. The van der Waals surface area contributed by atoms with Gasteiger partial charge in [-0.1, -0.05) is 127 Å². The third kappa shape index (κ3) is 5.62. The zero-order chi connectivity index (χ0) is 29.6. The van der Waals surface area contributed by atoms with Crippen LogP contribution in [0.15, 0.2) is 152 Å². The summed E-state index contributed by atoms with van der Waals surface area (Å²) in [5, 5.41) is 3.52. The SMILES string of the molecule is O=C[C]([CH][P+]([C]1[C](P(c2ccccc2)c2ccccc2)C(=O)OC1=O)(c1ccccc1)c1ccccc1)c1ccccc1. The van der Waals surface area contributed by atoms with Gasteiger partial charge in [0, 0.05) is 0 Å². The molecule has 0 N–H and O–H groups in total. The molecule has 0 atom stereocenters. The van der Waals surface area contributed by atoms with Gasteiger partial charge in [-0.2, -0.15) is 0 Å². The van der Waals surface area contributed by atoms with Crippen molar-refractivity contribution in [3.8, 4) is 0 Å². The van der Waals surface area contributed by atoms with Crippen molar-refractivity contribution in [2.45, 2.75) is 0 Å². The second-order valence-electron chi connectivity index (χ2n) is 9.84. The minimum Gasteiger partial charge on any atom is -0.389 e. The van der Waals surface area contributed by atoms with Crippen LogP contribution in [0.4, 0.5) is 0 Å². The Kier molecular flexibility index (Phi) is 8.70. The fourth-order valence-corrected chi connectivity index (χ4v) is 12.4. The molecule has 0 bridgehead atoms. The standard InChI is InChI=1S/C37H27O4P2/c38-26-29(28-16-6-1-7-17-28)27-43(32-22-12-4-13-23-32,33-24-14-5-15-25-33)35-34(36(39)41-37(35)40)42(30-18-8-2-9-19-30)31-20-10-3-11-21-31/h1-27H/q+1. The first kappa shape index (κ1) is 28.9. The van der Waals surface area contributed by atoms with Crippen LogP contribution in [0.3, 0.4) is 0 Å². The summed E-state index contributed by atoms with van der Waals surface area (Å²) in [6.45, 7) is 0. The summed E-state index contributed by atoms with van der Waals surface area (Å²) in [6, 6.07) is 48.3. The molecule has 5 aromatic carbocycles. The Morgan fingerprint density at radius 3 is 1.42 bits per heavy atom. The molecule has 0 amide bonds. The van der Waals surface area contributed by atoms with Crippen LogP contribution < -0.4 is 21.2 Å². The molecule has 1 aliphatic rings. The lowest BCUT2D eigenvalue weighted by atomic mass is 10.0. The molecule has 1 fully saturated rings. The molecule has 43 heavy (non-hydrogen) atoms. The van der Waals surface area contributed by atoms with Crippen LogP contribution in [0.5, 0.6) is 0 Å². The summed E-state index contributed by atoms with van der Waals surface area (Å²) in [5.74, 6) is -0.879. The fraction of sp³-hybridized carbons (Fsp3) is 0. The molecule has 0 unspecified atom stereocenters. The quantitative estimate of drug-likeness (QED) is 0.0869. The molecule has 4 nitrogen and oxygen atoms in total. The summed E-state index contributed by atoms with van der Waals surface area (Å²) >= 11 is 0. The van der Waals surface area contributed by atoms with E-state index in [1.807, 2.05) is 158 Å². The molecular formula is C37H27O4P2+. The maximum Gasteiger partial charge on any atom is 0.365 e. The summed E-state index contributed by atoms with van der Waals surface area (Å²) in [6.07, 6.45) is 2.76. The lowest BCUT2D eigenvalue weighted by Gasteiger charge is -2.34. The first-order valence-corrected chi connectivity index (χ1v) is 17.0. The summed E-state index contributed by atoms with van der Waals surface area (Å²) in [5.41, 5.74) is 1.40. The molecule has 0 saturated carbocycles. The van der Waals surface area contributed by atoms with Crippen molar-refractivity contribution in [1.29, 1.82) is 0 Å². The van der Waals surface area contributed by atoms with Gasteiger partial charge in [0.1, 0.15) is 36.2 Å². The van der Waals surface area contributed by atoms with E-state index in [4.69, 9.17) is 4.74 Å². The second kappa shape index (κ2) is 13.0. The van der Waals surface area contributed by atoms with E-state index in [9.17, 15) is 14.4 Å². The number of aldehydes is 1. The average molecular weight is 598 g/mol. The zero-order valence-electron chi connectivity index (χ0n) is 23.1. The number of hydrogen-bond acceptors (Lipinski definition) is 4. The Balaban J connectivity index is 1.64. The zero-order valence-corrected chi connectivity index (χ0v) is 24.9. The number of carbonyl (C=O) groups is 3. The Labute approximate surface area is 253 Å². The van der Waals surface area contributed by atoms with Crippen molar-refractivity contribution < 1.29 is 19.1 Å². The first-order chi connectivity index (χ1) is 21.1. The van der Waals surface area contributed by atoms with Crippen molar-refractivity contribution in [2.24, 2.45) is 0 Å². The monoisotopic (exact) mass is 597 g/mol. The second-order valence-corrected chi connectivity index (χ2v) is 15.2. The van der Waals surface area contributed by atoms with Crippen LogP contribution in [-0.2, 0) is 19.1 Å². The van der Waals surface area contributed by atoms with Crippen LogP contribution in [0.1, 0.15) is 5.56 Å². The van der Waals surface area contributed by atoms with E-state index >= 15 is 0 Å². The van der Waals surface area contributed by atoms with Crippen molar-refractivity contribution in [1.82, 2.24) is 0 Å². The van der Waals surface area contributed by atoms with Crippen molar-refractivity contribution in [2.75, 3.05) is 0 Å². The number of carbonyl (C=O) groups excluding carboxylic acids is 3. The van der Waals surface area contributed by atoms with Gasteiger partial charge in [-0.3, -0.25) is 4.79 Å². The lowest BCUT2D eigenvalue weighted by molar-refractivity contribution is -0.150. The van der Waals surface area contributed by atoms with Crippen LogP contribution in [0.2, 0.25) is 0 Å². The molecule has 6 rings (SSSR count). The highest BCUT2D eigenvalue weighted by molar-refractivity contribution is 7.96. The number of benzene rings is 5. The van der Waals surface area contributed by atoms with E-state index in [0.717, 1.165) is 33.1 Å². The predicted molar refractivity (Wildman–Crippen MR) is 175 cm³/mol. The van der Waals surface area contributed by atoms with Crippen molar-refractivity contribution >= 4 is 54.6 Å². The van der Waals surface area contributed by atoms with Crippen LogP contribution in [0, 0.1) is 23.4 Å². The minimum absolute atomic E-state index is 0.323. The maximum atomic E-state index is 14.2. The van der Waals surface area contributed by atoms with Gasteiger partial charge in [0.05, 0.1) is 0 Å². The predicted octanol–water partition coefficient (Wildman–Crippen LogP) is 5.92.